The van der Waals surface area contributed by atoms with Crippen LogP contribution in [0.1, 0.15) is 19.3 Å². The van der Waals surface area contributed by atoms with Crippen molar-refractivity contribution in [3.63, 3.8) is 0 Å². The monoisotopic (exact) mass is 190 g/mol. The maximum atomic E-state index is 13.2. The highest BCUT2D eigenvalue weighted by atomic mass is 19.1. The maximum absolute atomic E-state index is 13.2. The van der Waals surface area contributed by atoms with E-state index in [0.717, 1.165) is 19.3 Å². The van der Waals surface area contributed by atoms with Crippen LogP contribution in [-0.2, 0) is 0 Å². The molecule has 0 spiro atoms. The van der Waals surface area contributed by atoms with E-state index in [1.165, 1.54) is 6.07 Å². The minimum Gasteiger partial charge on any atom is -0.365 e. The number of anilines is 1. The molecule has 1 aromatic carbocycles. The fourth-order valence-corrected chi connectivity index (χ4v) is 1.62. The van der Waals surface area contributed by atoms with E-state index in [1.807, 2.05) is 0 Å². The third-order valence-electron chi connectivity index (χ3n) is 2.67. The second kappa shape index (κ2) is 3.30. The molecule has 3 heteroatoms. The number of benzene rings is 1. The van der Waals surface area contributed by atoms with Gasteiger partial charge in [0.05, 0.1) is 11.8 Å². The Morgan fingerprint density at radius 1 is 1.36 bits per heavy atom. The maximum Gasteiger partial charge on any atom is 0.146 e. The van der Waals surface area contributed by atoms with Gasteiger partial charge in [0, 0.05) is 0 Å². The SMILES string of the molecule is N#CC1(Nc2ccccc2F)CCC1. The molecule has 1 aliphatic carbocycles. The Balaban J connectivity index is 2.19. The lowest BCUT2D eigenvalue weighted by atomic mass is 9.78. The highest BCUT2D eigenvalue weighted by molar-refractivity contribution is 5.49. The Morgan fingerprint density at radius 3 is 2.57 bits per heavy atom. The molecular formula is C11H11FN2. The molecule has 14 heavy (non-hydrogen) atoms. The number of para-hydroxylation sites is 1. The lowest BCUT2D eigenvalue weighted by molar-refractivity contribution is 0.355. The van der Waals surface area contributed by atoms with Crippen LogP contribution in [0, 0.1) is 17.1 Å². The minimum absolute atomic E-state index is 0.297. The molecule has 0 atom stereocenters. The molecular weight excluding hydrogens is 179 g/mol. The molecule has 0 amide bonds. The fraction of sp³-hybridized carbons (Fsp3) is 0.364. The predicted molar refractivity (Wildman–Crippen MR) is 52.2 cm³/mol. The number of rotatable bonds is 2. The van der Waals surface area contributed by atoms with Crippen LogP contribution in [0.15, 0.2) is 24.3 Å². The smallest absolute Gasteiger partial charge is 0.146 e. The van der Waals surface area contributed by atoms with Gasteiger partial charge < -0.3 is 5.32 Å². The van der Waals surface area contributed by atoms with E-state index in [0.29, 0.717) is 5.69 Å². The summed E-state index contributed by atoms with van der Waals surface area (Å²) in [4.78, 5) is 0. The third kappa shape index (κ3) is 1.44. The van der Waals surface area contributed by atoms with Crippen molar-refractivity contribution in [2.45, 2.75) is 24.8 Å². The summed E-state index contributed by atoms with van der Waals surface area (Å²) < 4.78 is 13.2. The van der Waals surface area contributed by atoms with Gasteiger partial charge in [0.1, 0.15) is 11.4 Å². The largest absolute Gasteiger partial charge is 0.365 e. The molecule has 1 aliphatic rings. The summed E-state index contributed by atoms with van der Waals surface area (Å²) in [7, 11) is 0. The minimum atomic E-state index is -0.526. The first-order valence-electron chi connectivity index (χ1n) is 4.70. The molecule has 72 valence electrons. The molecule has 2 nitrogen and oxygen atoms in total. The molecule has 1 N–H and O–H groups in total. The topological polar surface area (TPSA) is 35.8 Å². The Morgan fingerprint density at radius 2 is 2.07 bits per heavy atom. The molecule has 1 fully saturated rings. The Labute approximate surface area is 82.4 Å². The van der Waals surface area contributed by atoms with E-state index in [2.05, 4.69) is 11.4 Å². The van der Waals surface area contributed by atoms with Crippen LogP contribution >= 0.6 is 0 Å². The van der Waals surface area contributed by atoms with Crippen molar-refractivity contribution in [3.8, 4) is 6.07 Å². The molecule has 1 saturated carbocycles. The normalized spacial score (nSPS) is 18.0. The van der Waals surface area contributed by atoms with Gasteiger partial charge in [-0.2, -0.15) is 5.26 Å². The first kappa shape index (κ1) is 9.01. The van der Waals surface area contributed by atoms with Crippen molar-refractivity contribution in [1.82, 2.24) is 0 Å². The first-order valence-corrected chi connectivity index (χ1v) is 4.70. The van der Waals surface area contributed by atoms with Gasteiger partial charge in [0.15, 0.2) is 0 Å². The Hall–Kier alpha value is -1.56. The van der Waals surface area contributed by atoms with Crippen LogP contribution in [0.5, 0.6) is 0 Å². The van der Waals surface area contributed by atoms with Gasteiger partial charge in [0.25, 0.3) is 0 Å². The first-order chi connectivity index (χ1) is 6.76. The quantitative estimate of drug-likeness (QED) is 0.778. The van der Waals surface area contributed by atoms with Crippen molar-refractivity contribution in [2.75, 3.05) is 5.32 Å². The number of nitriles is 1. The fourth-order valence-electron chi connectivity index (χ4n) is 1.62. The highest BCUT2D eigenvalue weighted by Gasteiger charge is 2.37. The van der Waals surface area contributed by atoms with E-state index in [9.17, 15) is 4.39 Å². The van der Waals surface area contributed by atoms with Gasteiger partial charge >= 0.3 is 0 Å². The summed E-state index contributed by atoms with van der Waals surface area (Å²) in [6, 6.07) is 8.67. The van der Waals surface area contributed by atoms with Gasteiger partial charge in [-0.15, -0.1) is 0 Å². The summed E-state index contributed by atoms with van der Waals surface area (Å²) in [6.45, 7) is 0. The van der Waals surface area contributed by atoms with Crippen LogP contribution in [0.4, 0.5) is 10.1 Å². The average Bonchev–Trinajstić information content (AvgIpc) is 2.14. The molecule has 0 aromatic heterocycles. The summed E-state index contributed by atoms with van der Waals surface area (Å²) in [5, 5.41) is 11.9. The van der Waals surface area contributed by atoms with Crippen LogP contribution < -0.4 is 5.32 Å². The molecule has 0 unspecified atom stereocenters. The predicted octanol–water partition coefficient (Wildman–Crippen LogP) is 2.68. The van der Waals surface area contributed by atoms with Gasteiger partial charge in [0.2, 0.25) is 0 Å². The number of nitrogens with one attached hydrogen (secondary N) is 1. The van der Waals surface area contributed by atoms with E-state index in [1.54, 1.807) is 18.2 Å². The van der Waals surface area contributed by atoms with Crippen molar-refractivity contribution >= 4 is 5.69 Å². The summed E-state index contributed by atoms with van der Waals surface area (Å²) in [6.07, 6.45) is 2.64. The lowest BCUT2D eigenvalue weighted by Gasteiger charge is -2.36. The van der Waals surface area contributed by atoms with Gasteiger partial charge in [-0.25, -0.2) is 4.39 Å². The number of halogens is 1. The van der Waals surface area contributed by atoms with Crippen LogP contribution in [0.3, 0.4) is 0 Å². The third-order valence-corrected chi connectivity index (χ3v) is 2.67. The molecule has 0 radical (unpaired) electrons. The number of hydrogen-bond donors (Lipinski definition) is 1. The number of hydrogen-bond acceptors (Lipinski definition) is 2. The van der Waals surface area contributed by atoms with E-state index in [-0.39, 0.29) is 5.82 Å². The molecule has 1 aromatic rings. The van der Waals surface area contributed by atoms with Crippen LogP contribution in [0.25, 0.3) is 0 Å². The van der Waals surface area contributed by atoms with E-state index < -0.39 is 5.54 Å². The second-order valence-electron chi connectivity index (χ2n) is 3.65. The second-order valence-corrected chi connectivity index (χ2v) is 3.65. The van der Waals surface area contributed by atoms with E-state index >= 15 is 0 Å². The van der Waals surface area contributed by atoms with Crippen molar-refractivity contribution in [2.24, 2.45) is 0 Å². The highest BCUT2D eigenvalue weighted by Crippen LogP contribution is 2.35. The molecule has 0 aliphatic heterocycles. The standard InChI is InChI=1S/C11H11FN2/c12-9-4-1-2-5-10(9)14-11(8-13)6-3-7-11/h1-2,4-5,14H,3,6-7H2. The van der Waals surface area contributed by atoms with Gasteiger partial charge in [-0.05, 0) is 31.4 Å². The van der Waals surface area contributed by atoms with Crippen molar-refractivity contribution < 1.29 is 4.39 Å². The molecule has 0 bridgehead atoms. The van der Waals surface area contributed by atoms with Crippen molar-refractivity contribution in [3.05, 3.63) is 30.1 Å². The van der Waals surface area contributed by atoms with Crippen LogP contribution in [0.2, 0.25) is 0 Å². The van der Waals surface area contributed by atoms with Crippen molar-refractivity contribution in [1.29, 1.82) is 5.26 Å². The van der Waals surface area contributed by atoms with Gasteiger partial charge in [-0.3, -0.25) is 0 Å². The van der Waals surface area contributed by atoms with Crippen LogP contribution in [-0.4, -0.2) is 5.54 Å². The summed E-state index contributed by atoms with van der Waals surface area (Å²) >= 11 is 0. The number of nitrogens with zero attached hydrogens (tertiary/aromatic N) is 1. The Bertz CT molecular complexity index is 377. The zero-order valence-electron chi connectivity index (χ0n) is 7.76. The average molecular weight is 190 g/mol. The Kier molecular flexibility index (Phi) is 2.12. The van der Waals surface area contributed by atoms with Gasteiger partial charge in [-0.1, -0.05) is 12.1 Å². The zero-order valence-corrected chi connectivity index (χ0v) is 7.76. The molecule has 2 rings (SSSR count). The molecule has 0 saturated heterocycles. The zero-order chi connectivity index (χ0) is 10.0. The summed E-state index contributed by atoms with van der Waals surface area (Å²) in [5.74, 6) is -0.297. The molecule has 0 heterocycles. The van der Waals surface area contributed by atoms with E-state index in [4.69, 9.17) is 5.26 Å². The lowest BCUT2D eigenvalue weighted by Crippen LogP contribution is -2.43. The summed E-state index contributed by atoms with van der Waals surface area (Å²) in [5.41, 5.74) is -0.101.